The highest BCUT2D eigenvalue weighted by molar-refractivity contribution is 5.68. The first kappa shape index (κ1) is 13.2. The maximum absolute atomic E-state index is 11.7. The van der Waals surface area contributed by atoms with E-state index in [-0.39, 0.29) is 17.0 Å². The second kappa shape index (κ2) is 3.65. The van der Waals surface area contributed by atoms with E-state index in [4.69, 9.17) is 4.74 Å². The third-order valence-corrected chi connectivity index (χ3v) is 6.17. The number of hydrogen-bond acceptors (Lipinski definition) is 2. The lowest BCUT2D eigenvalue weighted by Gasteiger charge is -2.45. The number of allylic oxidation sites excluding steroid dienone is 1. The standard InChI is InChI=1S/C17H26O2/c1-11-6-7-17(19-13(3)18)12(2)8-14-9-15(4,5)10-16(11,14)17/h8,11,14H,6-7,9-10H2,1-5H3/t11-,14-,16+,17-/m1/s1. The molecule has 0 saturated heterocycles. The van der Waals surface area contributed by atoms with E-state index in [1.807, 2.05) is 0 Å². The second-order valence-corrected chi connectivity index (χ2v) is 7.90. The summed E-state index contributed by atoms with van der Waals surface area (Å²) in [5.74, 6) is 1.12. The fraction of sp³-hybridized carbons (Fsp3) is 0.824. The van der Waals surface area contributed by atoms with Gasteiger partial charge in [0.15, 0.2) is 0 Å². The summed E-state index contributed by atoms with van der Waals surface area (Å²) in [6.45, 7) is 10.8. The third kappa shape index (κ3) is 1.46. The van der Waals surface area contributed by atoms with Crippen LogP contribution < -0.4 is 0 Å². The van der Waals surface area contributed by atoms with E-state index < -0.39 is 0 Å². The van der Waals surface area contributed by atoms with Crippen molar-refractivity contribution in [2.45, 2.75) is 65.9 Å². The van der Waals surface area contributed by atoms with Gasteiger partial charge in [0.2, 0.25) is 0 Å². The van der Waals surface area contributed by atoms with Gasteiger partial charge in [-0.15, -0.1) is 0 Å². The van der Waals surface area contributed by atoms with Crippen molar-refractivity contribution in [1.29, 1.82) is 0 Å². The van der Waals surface area contributed by atoms with Crippen LogP contribution in [-0.2, 0) is 9.53 Å². The largest absolute Gasteiger partial charge is 0.454 e. The van der Waals surface area contributed by atoms with E-state index >= 15 is 0 Å². The average Bonchev–Trinajstić information content (AvgIpc) is 2.75. The van der Waals surface area contributed by atoms with Gasteiger partial charge in [-0.1, -0.05) is 26.8 Å². The Labute approximate surface area is 116 Å². The minimum absolute atomic E-state index is 0.119. The van der Waals surface area contributed by atoms with E-state index in [1.54, 1.807) is 6.92 Å². The molecule has 0 aromatic carbocycles. The van der Waals surface area contributed by atoms with Crippen molar-refractivity contribution in [1.82, 2.24) is 0 Å². The maximum Gasteiger partial charge on any atom is 0.303 e. The molecular weight excluding hydrogens is 236 g/mol. The van der Waals surface area contributed by atoms with Crippen molar-refractivity contribution in [2.75, 3.05) is 0 Å². The fourth-order valence-electron chi connectivity index (χ4n) is 5.74. The highest BCUT2D eigenvalue weighted by atomic mass is 16.6. The Balaban J connectivity index is 2.12. The number of hydrogen-bond donors (Lipinski definition) is 0. The van der Waals surface area contributed by atoms with E-state index in [0.717, 1.165) is 6.42 Å². The van der Waals surface area contributed by atoms with Gasteiger partial charge >= 0.3 is 5.97 Å². The van der Waals surface area contributed by atoms with Gasteiger partial charge in [0, 0.05) is 12.3 Å². The van der Waals surface area contributed by atoms with Crippen LogP contribution in [0.25, 0.3) is 0 Å². The summed E-state index contributed by atoms with van der Waals surface area (Å²) < 4.78 is 6.00. The van der Waals surface area contributed by atoms with Gasteiger partial charge in [0.1, 0.15) is 5.60 Å². The zero-order valence-electron chi connectivity index (χ0n) is 12.9. The van der Waals surface area contributed by atoms with Crippen molar-refractivity contribution >= 4 is 5.97 Å². The van der Waals surface area contributed by atoms with Crippen molar-refractivity contribution in [3.63, 3.8) is 0 Å². The van der Waals surface area contributed by atoms with E-state index in [9.17, 15) is 4.79 Å². The van der Waals surface area contributed by atoms with Gasteiger partial charge in [-0.3, -0.25) is 4.79 Å². The first-order valence-corrected chi connectivity index (χ1v) is 7.62. The van der Waals surface area contributed by atoms with Gasteiger partial charge in [0.25, 0.3) is 0 Å². The first-order valence-electron chi connectivity index (χ1n) is 7.62. The molecule has 2 saturated carbocycles. The van der Waals surface area contributed by atoms with Crippen molar-refractivity contribution in [2.24, 2.45) is 22.7 Å². The molecule has 0 bridgehead atoms. The van der Waals surface area contributed by atoms with Gasteiger partial charge < -0.3 is 4.74 Å². The summed E-state index contributed by atoms with van der Waals surface area (Å²) >= 11 is 0. The Hall–Kier alpha value is -0.790. The van der Waals surface area contributed by atoms with Crippen LogP contribution in [0, 0.1) is 22.7 Å². The van der Waals surface area contributed by atoms with Crippen LogP contribution in [0.2, 0.25) is 0 Å². The van der Waals surface area contributed by atoms with E-state index in [1.165, 1.54) is 24.8 Å². The van der Waals surface area contributed by atoms with Crippen LogP contribution in [0.4, 0.5) is 0 Å². The second-order valence-electron chi connectivity index (χ2n) is 7.90. The Bertz CT molecular complexity index is 462. The Morgan fingerprint density at radius 2 is 2.11 bits per heavy atom. The summed E-state index contributed by atoms with van der Waals surface area (Å²) in [4.78, 5) is 11.7. The number of esters is 1. The molecule has 2 nitrogen and oxygen atoms in total. The zero-order valence-corrected chi connectivity index (χ0v) is 12.9. The number of carbonyl (C=O) groups is 1. The summed E-state index contributed by atoms with van der Waals surface area (Å²) in [7, 11) is 0. The summed E-state index contributed by atoms with van der Waals surface area (Å²) in [6, 6.07) is 0. The van der Waals surface area contributed by atoms with Gasteiger partial charge in [0.05, 0.1) is 0 Å². The molecule has 1 spiro atoms. The molecule has 0 aromatic rings. The van der Waals surface area contributed by atoms with Crippen LogP contribution in [0.5, 0.6) is 0 Å². The van der Waals surface area contributed by atoms with Crippen molar-refractivity contribution in [3.8, 4) is 0 Å². The SMILES string of the molecule is CC(=O)O[C@@]12CC[C@@H](C)[C@]13CC(C)(C)C[C@H]3C=C2C. The Morgan fingerprint density at radius 3 is 2.74 bits per heavy atom. The highest BCUT2D eigenvalue weighted by Crippen LogP contribution is 2.72. The average molecular weight is 262 g/mol. The maximum atomic E-state index is 11.7. The van der Waals surface area contributed by atoms with E-state index in [2.05, 4.69) is 33.8 Å². The smallest absolute Gasteiger partial charge is 0.303 e. The molecule has 3 aliphatic carbocycles. The topological polar surface area (TPSA) is 26.3 Å². The fourth-order valence-corrected chi connectivity index (χ4v) is 5.74. The minimum Gasteiger partial charge on any atom is -0.454 e. The van der Waals surface area contributed by atoms with Crippen LogP contribution in [-0.4, -0.2) is 11.6 Å². The molecule has 3 aliphatic rings. The molecule has 0 N–H and O–H groups in total. The molecule has 0 heterocycles. The molecule has 0 unspecified atom stereocenters. The molecule has 0 radical (unpaired) electrons. The van der Waals surface area contributed by atoms with Crippen LogP contribution in [0.3, 0.4) is 0 Å². The highest BCUT2D eigenvalue weighted by Gasteiger charge is 2.71. The normalized spacial score (nSPS) is 46.7. The molecule has 0 aromatic heterocycles. The third-order valence-electron chi connectivity index (χ3n) is 6.17. The number of rotatable bonds is 1. The zero-order chi connectivity index (χ0) is 14.1. The molecular formula is C17H26O2. The lowest BCUT2D eigenvalue weighted by Crippen LogP contribution is -2.49. The molecule has 0 amide bonds. The van der Waals surface area contributed by atoms with Gasteiger partial charge in [-0.05, 0) is 55.4 Å². The molecule has 106 valence electrons. The van der Waals surface area contributed by atoms with Gasteiger partial charge in [-0.25, -0.2) is 0 Å². The van der Waals surface area contributed by atoms with Crippen molar-refractivity contribution in [3.05, 3.63) is 11.6 Å². The number of ether oxygens (including phenoxy) is 1. The summed E-state index contributed by atoms with van der Waals surface area (Å²) in [5, 5.41) is 0. The van der Waals surface area contributed by atoms with Gasteiger partial charge in [-0.2, -0.15) is 0 Å². The molecule has 19 heavy (non-hydrogen) atoms. The molecule has 4 atom stereocenters. The van der Waals surface area contributed by atoms with E-state index in [0.29, 0.717) is 17.3 Å². The molecule has 0 aliphatic heterocycles. The summed E-state index contributed by atoms with van der Waals surface area (Å²) in [5.41, 5.74) is 1.56. The minimum atomic E-state index is -0.295. The van der Waals surface area contributed by atoms with Crippen molar-refractivity contribution < 1.29 is 9.53 Å². The lowest BCUT2D eigenvalue weighted by molar-refractivity contribution is -0.166. The Morgan fingerprint density at radius 1 is 1.42 bits per heavy atom. The molecule has 3 rings (SSSR count). The van der Waals surface area contributed by atoms with Crippen LogP contribution in [0.15, 0.2) is 11.6 Å². The molecule has 2 fully saturated rings. The predicted octanol–water partition coefficient (Wildman–Crippen LogP) is 4.10. The lowest BCUT2D eigenvalue weighted by atomic mass is 9.65. The summed E-state index contributed by atoms with van der Waals surface area (Å²) in [6.07, 6.45) is 7.05. The Kier molecular flexibility index (Phi) is 2.54. The number of carbonyl (C=O) groups excluding carboxylic acids is 1. The quantitative estimate of drug-likeness (QED) is 0.525. The monoisotopic (exact) mass is 262 g/mol. The van der Waals surface area contributed by atoms with Crippen LogP contribution >= 0.6 is 0 Å². The molecule has 2 heteroatoms. The first-order chi connectivity index (χ1) is 8.73. The predicted molar refractivity (Wildman–Crippen MR) is 75.6 cm³/mol. The van der Waals surface area contributed by atoms with Crippen LogP contribution in [0.1, 0.15) is 60.3 Å².